The van der Waals surface area contributed by atoms with Gasteiger partial charge in [0.05, 0.1) is 22.2 Å². The van der Waals surface area contributed by atoms with Gasteiger partial charge >= 0.3 is 0 Å². The van der Waals surface area contributed by atoms with E-state index in [1.807, 2.05) is 55.7 Å². The van der Waals surface area contributed by atoms with Crippen LogP contribution >= 0.6 is 0 Å². The first kappa shape index (κ1) is 15.3. The highest BCUT2D eigenvalue weighted by Crippen LogP contribution is 2.35. The Bertz CT molecular complexity index is 885. The second-order valence-corrected chi connectivity index (χ2v) is 7.61. The fourth-order valence-corrected chi connectivity index (χ4v) is 4.03. The predicted molar refractivity (Wildman–Crippen MR) is 96.2 cm³/mol. The molecule has 3 heterocycles. The van der Waals surface area contributed by atoms with Crippen molar-refractivity contribution in [2.24, 2.45) is 0 Å². The first-order valence-corrected chi connectivity index (χ1v) is 9.58. The minimum Gasteiger partial charge on any atom is -0.327 e. The Hall–Kier alpha value is -2.27. The molecule has 0 radical (unpaired) electrons. The third-order valence-electron chi connectivity index (χ3n) is 4.44. The highest BCUT2D eigenvalue weighted by molar-refractivity contribution is 7.85. The maximum atomic E-state index is 11.9. The summed E-state index contributed by atoms with van der Waals surface area (Å²) in [6.45, 7) is 2.95. The van der Waals surface area contributed by atoms with E-state index in [-0.39, 0.29) is 0 Å². The summed E-state index contributed by atoms with van der Waals surface area (Å²) in [6.07, 6.45) is 5.81. The lowest BCUT2D eigenvalue weighted by atomic mass is 10.1. The van der Waals surface area contributed by atoms with Crippen molar-refractivity contribution in [1.82, 2.24) is 14.5 Å². The zero-order valence-electron chi connectivity index (χ0n) is 13.6. The Kier molecular flexibility index (Phi) is 4.02. The zero-order chi connectivity index (χ0) is 16.5. The number of hydrogen-bond donors (Lipinski definition) is 0. The number of nitrogens with zero attached hydrogens (tertiary/aromatic N) is 3. The Morgan fingerprint density at radius 2 is 1.83 bits per heavy atom. The van der Waals surface area contributed by atoms with E-state index < -0.39 is 10.8 Å². The van der Waals surface area contributed by atoms with Gasteiger partial charge in [0.1, 0.15) is 5.82 Å². The van der Waals surface area contributed by atoms with Crippen LogP contribution in [0.5, 0.6) is 0 Å². The fraction of sp³-hybridized carbons (Fsp3) is 0.263. The topological polar surface area (TPSA) is 47.8 Å². The van der Waals surface area contributed by atoms with Crippen LogP contribution in [0.1, 0.15) is 19.2 Å². The van der Waals surface area contributed by atoms with E-state index in [4.69, 9.17) is 4.98 Å². The van der Waals surface area contributed by atoms with Gasteiger partial charge in [0.2, 0.25) is 0 Å². The summed E-state index contributed by atoms with van der Waals surface area (Å²) in [6, 6.07) is 12.0. The number of aryl methyl sites for hydroxylation is 1. The third kappa shape index (κ3) is 2.59. The van der Waals surface area contributed by atoms with Crippen molar-refractivity contribution in [3.05, 3.63) is 54.6 Å². The number of rotatable bonds is 4. The Morgan fingerprint density at radius 3 is 2.54 bits per heavy atom. The number of fused-ring (bicyclic) bond motifs is 1. The molecule has 1 aliphatic rings. The normalized spacial score (nSPS) is 14.5. The summed E-state index contributed by atoms with van der Waals surface area (Å²) in [5, 5.41) is 0. The van der Waals surface area contributed by atoms with Crippen molar-refractivity contribution in [3.8, 4) is 22.5 Å². The minimum absolute atomic E-state index is 0.639. The lowest BCUT2D eigenvalue weighted by molar-refractivity contribution is 0.684. The molecule has 24 heavy (non-hydrogen) atoms. The van der Waals surface area contributed by atoms with Crippen molar-refractivity contribution in [3.63, 3.8) is 0 Å². The van der Waals surface area contributed by atoms with Crippen LogP contribution in [0.3, 0.4) is 0 Å². The minimum atomic E-state index is -0.920. The molecule has 0 N–H and O–H groups in total. The van der Waals surface area contributed by atoms with Crippen molar-refractivity contribution >= 4 is 10.8 Å². The molecular formula is C19H19N3OS. The van der Waals surface area contributed by atoms with Crippen LogP contribution in [-0.2, 0) is 23.8 Å². The van der Waals surface area contributed by atoms with Crippen molar-refractivity contribution in [2.45, 2.75) is 31.2 Å². The van der Waals surface area contributed by atoms with E-state index in [1.165, 1.54) is 0 Å². The number of pyridine rings is 1. The summed E-state index contributed by atoms with van der Waals surface area (Å²) in [4.78, 5) is 9.90. The van der Waals surface area contributed by atoms with Gasteiger partial charge in [0, 0.05) is 47.1 Å². The Labute approximate surface area is 144 Å². The van der Waals surface area contributed by atoms with E-state index in [0.717, 1.165) is 52.6 Å². The van der Waals surface area contributed by atoms with Crippen LogP contribution in [0.25, 0.3) is 22.5 Å². The number of benzene rings is 1. The van der Waals surface area contributed by atoms with E-state index in [9.17, 15) is 4.21 Å². The molecule has 5 heteroatoms. The molecule has 0 amide bonds. The largest absolute Gasteiger partial charge is 0.327 e. The van der Waals surface area contributed by atoms with Gasteiger partial charge < -0.3 is 4.57 Å². The molecule has 3 aromatic rings. The predicted octanol–water partition coefficient (Wildman–Crippen LogP) is 3.69. The molecule has 1 atom stereocenters. The highest BCUT2D eigenvalue weighted by atomic mass is 32.2. The van der Waals surface area contributed by atoms with Crippen LogP contribution in [0, 0.1) is 0 Å². The fourth-order valence-electron chi connectivity index (χ4n) is 3.26. The van der Waals surface area contributed by atoms with Crippen molar-refractivity contribution < 1.29 is 4.21 Å². The van der Waals surface area contributed by atoms with Crippen LogP contribution in [0.15, 0.2) is 53.7 Å². The first-order valence-electron chi connectivity index (χ1n) is 8.26. The standard InChI is InChI=1S/C19H19N3OS/c1-2-24(23)16-7-5-14(6-8-16)18-19(15-9-11-20-12-10-15)22-13-3-4-17(22)21-18/h5-12H,2-4,13H2,1H3. The summed E-state index contributed by atoms with van der Waals surface area (Å²) in [5.41, 5.74) is 4.38. The molecule has 1 unspecified atom stereocenters. The Balaban J connectivity index is 1.83. The number of hydrogen-bond acceptors (Lipinski definition) is 3. The zero-order valence-corrected chi connectivity index (χ0v) is 14.4. The molecule has 0 fully saturated rings. The molecule has 0 bridgehead atoms. The quantitative estimate of drug-likeness (QED) is 0.729. The van der Waals surface area contributed by atoms with Crippen LogP contribution < -0.4 is 0 Å². The number of aromatic nitrogens is 3. The average molecular weight is 337 g/mol. The van der Waals surface area contributed by atoms with Gasteiger partial charge in [-0.3, -0.25) is 9.19 Å². The summed E-state index contributed by atoms with van der Waals surface area (Å²) >= 11 is 0. The molecule has 4 nitrogen and oxygen atoms in total. The number of imidazole rings is 1. The molecule has 0 saturated carbocycles. The van der Waals surface area contributed by atoms with E-state index >= 15 is 0 Å². The molecule has 122 valence electrons. The average Bonchev–Trinajstić information content (AvgIpc) is 3.23. The van der Waals surface area contributed by atoms with Gasteiger partial charge in [-0.25, -0.2) is 4.98 Å². The summed E-state index contributed by atoms with van der Waals surface area (Å²) < 4.78 is 14.3. The molecule has 1 aliphatic heterocycles. The van der Waals surface area contributed by atoms with Crippen LogP contribution in [0.2, 0.25) is 0 Å². The summed E-state index contributed by atoms with van der Waals surface area (Å²) in [5.74, 6) is 1.79. The summed E-state index contributed by atoms with van der Waals surface area (Å²) in [7, 11) is -0.920. The van der Waals surface area contributed by atoms with Gasteiger partial charge in [0.25, 0.3) is 0 Å². The van der Waals surface area contributed by atoms with E-state index in [0.29, 0.717) is 5.75 Å². The monoisotopic (exact) mass is 337 g/mol. The maximum absolute atomic E-state index is 11.9. The van der Waals surface area contributed by atoms with Crippen molar-refractivity contribution in [1.29, 1.82) is 0 Å². The molecule has 2 aromatic heterocycles. The van der Waals surface area contributed by atoms with E-state index in [1.54, 1.807) is 0 Å². The SMILES string of the molecule is CCS(=O)c1ccc(-c2nc3n(c2-c2ccncc2)CCC3)cc1. The molecule has 1 aromatic carbocycles. The van der Waals surface area contributed by atoms with Crippen LogP contribution in [-0.4, -0.2) is 24.5 Å². The second kappa shape index (κ2) is 6.32. The Morgan fingerprint density at radius 1 is 1.08 bits per heavy atom. The van der Waals surface area contributed by atoms with E-state index in [2.05, 4.69) is 9.55 Å². The third-order valence-corrected chi connectivity index (χ3v) is 5.76. The van der Waals surface area contributed by atoms with Gasteiger partial charge in [-0.1, -0.05) is 19.1 Å². The molecular weight excluding hydrogens is 318 g/mol. The van der Waals surface area contributed by atoms with Crippen molar-refractivity contribution in [2.75, 3.05) is 5.75 Å². The van der Waals surface area contributed by atoms with Crippen LogP contribution in [0.4, 0.5) is 0 Å². The first-order chi connectivity index (χ1) is 11.8. The second-order valence-electron chi connectivity index (χ2n) is 5.87. The van der Waals surface area contributed by atoms with Gasteiger partial charge in [0.15, 0.2) is 0 Å². The molecule has 0 spiro atoms. The lowest BCUT2D eigenvalue weighted by Crippen LogP contribution is -1.97. The highest BCUT2D eigenvalue weighted by Gasteiger charge is 2.23. The molecule has 0 saturated heterocycles. The van der Waals surface area contributed by atoms with Gasteiger partial charge in [-0.05, 0) is 30.7 Å². The van der Waals surface area contributed by atoms with Gasteiger partial charge in [-0.2, -0.15) is 0 Å². The van der Waals surface area contributed by atoms with Gasteiger partial charge in [-0.15, -0.1) is 0 Å². The smallest absolute Gasteiger partial charge is 0.109 e. The lowest BCUT2D eigenvalue weighted by Gasteiger charge is -2.09. The maximum Gasteiger partial charge on any atom is 0.109 e. The molecule has 0 aliphatic carbocycles. The molecule has 4 rings (SSSR count).